The Bertz CT molecular complexity index is 1300. The predicted molar refractivity (Wildman–Crippen MR) is 128 cm³/mol. The van der Waals surface area contributed by atoms with E-state index in [2.05, 4.69) is 44.4 Å². The molecule has 4 nitrogen and oxygen atoms in total. The van der Waals surface area contributed by atoms with Crippen LogP contribution in [-0.4, -0.2) is 19.7 Å². The number of halogens is 1. The Morgan fingerprint density at radius 1 is 0.812 bits per heavy atom. The number of hydrogen-bond donors (Lipinski definition) is 0. The van der Waals surface area contributed by atoms with Crippen molar-refractivity contribution in [2.24, 2.45) is 0 Å². The van der Waals surface area contributed by atoms with Crippen LogP contribution in [-0.2, 0) is 12.3 Å². The molecular formula is C25H19FN4S2. The minimum Gasteiger partial charge on any atom is -0.298 e. The van der Waals surface area contributed by atoms with E-state index in [0.29, 0.717) is 12.3 Å². The van der Waals surface area contributed by atoms with Crippen LogP contribution in [0.25, 0.3) is 22.0 Å². The number of hydrogen-bond acceptors (Lipinski definition) is 5. The molecule has 2 aromatic heterocycles. The third-order valence-electron chi connectivity index (χ3n) is 4.92. The van der Waals surface area contributed by atoms with Gasteiger partial charge in [-0.25, -0.2) is 9.37 Å². The van der Waals surface area contributed by atoms with Gasteiger partial charge in [-0.1, -0.05) is 72.4 Å². The van der Waals surface area contributed by atoms with Crippen molar-refractivity contribution >= 4 is 23.1 Å². The normalized spacial score (nSPS) is 11.0. The van der Waals surface area contributed by atoms with Crippen molar-refractivity contribution in [1.82, 2.24) is 19.7 Å². The molecule has 0 saturated carbocycles. The van der Waals surface area contributed by atoms with Gasteiger partial charge in [-0.2, -0.15) is 0 Å². The van der Waals surface area contributed by atoms with E-state index in [1.165, 1.54) is 12.1 Å². The summed E-state index contributed by atoms with van der Waals surface area (Å²) in [6, 6.07) is 26.8. The van der Waals surface area contributed by atoms with Gasteiger partial charge in [-0.15, -0.1) is 21.5 Å². The zero-order chi connectivity index (χ0) is 21.8. The van der Waals surface area contributed by atoms with Gasteiger partial charge in [0, 0.05) is 22.3 Å². The molecule has 2 heterocycles. The minimum absolute atomic E-state index is 0.268. The maximum Gasteiger partial charge on any atom is 0.192 e. The van der Waals surface area contributed by atoms with Crippen LogP contribution in [0.15, 0.2) is 95.5 Å². The molecule has 0 aliphatic heterocycles. The van der Waals surface area contributed by atoms with Gasteiger partial charge in [0.25, 0.3) is 0 Å². The highest BCUT2D eigenvalue weighted by Gasteiger charge is 2.16. The van der Waals surface area contributed by atoms with Crippen LogP contribution in [0.2, 0.25) is 0 Å². The van der Waals surface area contributed by atoms with Gasteiger partial charge in [0.2, 0.25) is 0 Å². The average Bonchev–Trinajstić information content (AvgIpc) is 3.47. The quantitative estimate of drug-likeness (QED) is 0.260. The SMILES string of the molecule is Fc1ccc(-c2nnc(SCc3csc(-c4ccccc4)n3)n2Cc2ccccc2)cc1. The number of nitrogens with zero attached hydrogens (tertiary/aromatic N) is 4. The van der Waals surface area contributed by atoms with Crippen LogP contribution < -0.4 is 0 Å². The lowest BCUT2D eigenvalue weighted by Gasteiger charge is -2.10. The second kappa shape index (κ2) is 9.46. The first-order chi connectivity index (χ1) is 15.8. The van der Waals surface area contributed by atoms with E-state index in [9.17, 15) is 4.39 Å². The van der Waals surface area contributed by atoms with Gasteiger partial charge in [0.05, 0.1) is 12.2 Å². The van der Waals surface area contributed by atoms with Crippen molar-refractivity contribution in [1.29, 1.82) is 0 Å². The molecule has 0 radical (unpaired) electrons. The highest BCUT2D eigenvalue weighted by atomic mass is 32.2. The number of thiazole rings is 1. The summed E-state index contributed by atoms with van der Waals surface area (Å²) in [6.45, 7) is 0.634. The minimum atomic E-state index is -0.268. The van der Waals surface area contributed by atoms with Gasteiger partial charge < -0.3 is 0 Å². The molecule has 0 saturated heterocycles. The average molecular weight is 459 g/mol. The molecule has 0 N–H and O–H groups in total. The molecule has 0 aliphatic rings. The molecule has 0 fully saturated rings. The molecule has 0 aliphatic carbocycles. The molecule has 0 atom stereocenters. The molecule has 0 amide bonds. The van der Waals surface area contributed by atoms with Gasteiger partial charge in [0.1, 0.15) is 10.8 Å². The van der Waals surface area contributed by atoms with Crippen molar-refractivity contribution in [3.63, 3.8) is 0 Å². The summed E-state index contributed by atoms with van der Waals surface area (Å²) in [5.74, 6) is 1.15. The Morgan fingerprint density at radius 2 is 1.53 bits per heavy atom. The largest absolute Gasteiger partial charge is 0.298 e. The molecule has 0 spiro atoms. The molecule has 5 aromatic rings. The Balaban J connectivity index is 1.41. The summed E-state index contributed by atoms with van der Waals surface area (Å²) in [4.78, 5) is 4.78. The zero-order valence-corrected chi connectivity index (χ0v) is 18.7. The summed E-state index contributed by atoms with van der Waals surface area (Å²) in [7, 11) is 0. The maximum absolute atomic E-state index is 13.4. The smallest absolute Gasteiger partial charge is 0.192 e. The van der Waals surface area contributed by atoms with E-state index in [4.69, 9.17) is 4.98 Å². The number of rotatable bonds is 7. The first-order valence-electron chi connectivity index (χ1n) is 10.1. The number of aromatic nitrogens is 4. The van der Waals surface area contributed by atoms with Crippen LogP contribution in [0.5, 0.6) is 0 Å². The van der Waals surface area contributed by atoms with Crippen molar-refractivity contribution in [2.45, 2.75) is 17.5 Å². The first-order valence-corrected chi connectivity index (χ1v) is 12.0. The van der Waals surface area contributed by atoms with Crippen molar-refractivity contribution in [2.75, 3.05) is 0 Å². The van der Waals surface area contributed by atoms with Gasteiger partial charge >= 0.3 is 0 Å². The maximum atomic E-state index is 13.4. The summed E-state index contributed by atoms with van der Waals surface area (Å²) < 4.78 is 15.5. The fourth-order valence-electron chi connectivity index (χ4n) is 3.34. The molecule has 0 unspecified atom stereocenters. The molecule has 5 rings (SSSR count). The van der Waals surface area contributed by atoms with Gasteiger partial charge in [-0.3, -0.25) is 4.57 Å². The Hall–Kier alpha value is -3.29. The number of thioether (sulfide) groups is 1. The molecule has 7 heteroatoms. The van der Waals surface area contributed by atoms with Crippen LogP contribution in [0.1, 0.15) is 11.3 Å². The topological polar surface area (TPSA) is 43.6 Å². The van der Waals surface area contributed by atoms with Crippen LogP contribution >= 0.6 is 23.1 Å². The summed E-state index contributed by atoms with van der Waals surface area (Å²) in [6.07, 6.45) is 0. The fraction of sp³-hybridized carbons (Fsp3) is 0.0800. The van der Waals surface area contributed by atoms with Crippen molar-refractivity contribution in [3.05, 3.63) is 107 Å². The lowest BCUT2D eigenvalue weighted by atomic mass is 10.2. The van der Waals surface area contributed by atoms with E-state index in [-0.39, 0.29) is 5.82 Å². The second-order valence-corrected chi connectivity index (χ2v) is 8.98. The summed E-state index contributed by atoms with van der Waals surface area (Å²) in [5, 5.41) is 12.8. The van der Waals surface area contributed by atoms with E-state index in [1.54, 1.807) is 35.2 Å². The highest BCUT2D eigenvalue weighted by molar-refractivity contribution is 7.98. The summed E-state index contributed by atoms with van der Waals surface area (Å²) >= 11 is 3.25. The predicted octanol–water partition coefficient (Wildman–Crippen LogP) is 6.55. The van der Waals surface area contributed by atoms with E-state index in [0.717, 1.165) is 38.4 Å². The Morgan fingerprint density at radius 3 is 2.28 bits per heavy atom. The first kappa shape index (κ1) is 20.6. The van der Waals surface area contributed by atoms with E-state index >= 15 is 0 Å². The Kier molecular flexibility index (Phi) is 6.09. The lowest BCUT2D eigenvalue weighted by molar-refractivity contribution is 0.628. The van der Waals surface area contributed by atoms with Crippen LogP contribution in [0.4, 0.5) is 4.39 Å². The van der Waals surface area contributed by atoms with Crippen LogP contribution in [0, 0.1) is 5.82 Å². The van der Waals surface area contributed by atoms with Crippen LogP contribution in [0.3, 0.4) is 0 Å². The van der Waals surface area contributed by atoms with E-state index < -0.39 is 0 Å². The third kappa shape index (κ3) is 4.64. The third-order valence-corrected chi connectivity index (χ3v) is 6.86. The van der Waals surface area contributed by atoms with Gasteiger partial charge in [0.15, 0.2) is 11.0 Å². The standard InChI is InChI=1S/C25H19FN4S2/c26-21-13-11-19(12-14-21)23-28-29-25(30(23)15-18-7-3-1-4-8-18)32-17-22-16-31-24(27-22)20-9-5-2-6-10-20/h1-14,16H,15,17H2. The molecule has 158 valence electrons. The monoisotopic (exact) mass is 458 g/mol. The highest BCUT2D eigenvalue weighted by Crippen LogP contribution is 2.30. The van der Waals surface area contributed by atoms with E-state index in [1.807, 2.05) is 36.4 Å². The Labute approximate surface area is 193 Å². The molecule has 3 aromatic carbocycles. The van der Waals surface area contributed by atoms with Gasteiger partial charge in [-0.05, 0) is 29.8 Å². The zero-order valence-electron chi connectivity index (χ0n) is 17.1. The lowest BCUT2D eigenvalue weighted by Crippen LogP contribution is -2.04. The number of benzene rings is 3. The van der Waals surface area contributed by atoms with Crippen molar-refractivity contribution < 1.29 is 4.39 Å². The second-order valence-electron chi connectivity index (χ2n) is 7.18. The fourth-order valence-corrected chi connectivity index (χ4v) is 5.10. The molecular weight excluding hydrogens is 439 g/mol. The molecule has 0 bridgehead atoms. The van der Waals surface area contributed by atoms with Crippen molar-refractivity contribution in [3.8, 4) is 22.0 Å². The summed E-state index contributed by atoms with van der Waals surface area (Å²) in [5.41, 5.74) is 4.12. The molecule has 32 heavy (non-hydrogen) atoms.